The van der Waals surface area contributed by atoms with Gasteiger partial charge in [-0.05, 0) is 46.0 Å². The van der Waals surface area contributed by atoms with Crippen LogP contribution in [-0.4, -0.2) is 33.5 Å². The lowest BCUT2D eigenvalue weighted by Crippen LogP contribution is -2.44. The molecule has 0 rings (SSSR count). The fraction of sp³-hybridized carbons (Fsp3) is 0.864. The topological polar surface area (TPSA) is 60.8 Å². The van der Waals surface area contributed by atoms with Gasteiger partial charge in [0.15, 0.2) is 0 Å². The summed E-state index contributed by atoms with van der Waals surface area (Å²) in [7, 11) is 0. The van der Waals surface area contributed by atoms with Crippen LogP contribution in [0.2, 0.25) is 0 Å². The van der Waals surface area contributed by atoms with E-state index < -0.39 is 12.5 Å². The van der Waals surface area contributed by atoms with Gasteiger partial charge in [-0.15, -0.1) is 0 Å². The van der Waals surface area contributed by atoms with Crippen LogP contribution in [-0.2, 0) is 4.79 Å². The normalized spacial score (nSPS) is 13.9. The summed E-state index contributed by atoms with van der Waals surface area (Å²) in [5.74, 6) is -0.173. The number of carbonyl (C=O) groups excluding carboxylic acids is 1. The maximum absolute atomic E-state index is 12.0. The van der Waals surface area contributed by atoms with Gasteiger partial charge in [0.1, 0.15) is 12.5 Å². The summed E-state index contributed by atoms with van der Waals surface area (Å²) in [6, 6.07) is 0. The predicted octanol–water partition coefficient (Wildman–Crippen LogP) is 5.53. The molecule has 26 heavy (non-hydrogen) atoms. The number of unbranched alkanes of at least 4 members (excludes halogenated alkanes) is 11. The molecule has 0 aliphatic rings. The van der Waals surface area contributed by atoms with Crippen molar-refractivity contribution in [3.8, 4) is 0 Å². The van der Waals surface area contributed by atoms with Crippen molar-refractivity contribution >= 4 is 5.91 Å². The molecule has 0 aromatic rings. The first-order valence-corrected chi connectivity index (χ1v) is 10.8. The second-order valence-corrected chi connectivity index (χ2v) is 7.40. The van der Waals surface area contributed by atoms with E-state index in [9.17, 15) is 15.0 Å². The van der Waals surface area contributed by atoms with Gasteiger partial charge in [0.25, 0.3) is 0 Å². The van der Waals surface area contributed by atoms with Crippen LogP contribution in [0.5, 0.6) is 0 Å². The smallest absolute Gasteiger partial charge is 0.226 e. The summed E-state index contributed by atoms with van der Waals surface area (Å²) in [5.41, 5.74) is 0. The summed E-state index contributed by atoms with van der Waals surface area (Å²) >= 11 is 0. The van der Waals surface area contributed by atoms with E-state index >= 15 is 0 Å². The largest absolute Gasteiger partial charge is 0.374 e. The summed E-state index contributed by atoms with van der Waals surface area (Å²) < 4.78 is 0. The van der Waals surface area contributed by atoms with E-state index in [2.05, 4.69) is 19.1 Å². The molecule has 0 radical (unpaired) electrons. The van der Waals surface area contributed by atoms with Gasteiger partial charge in [-0.1, -0.05) is 70.4 Å². The molecule has 2 atom stereocenters. The molecule has 0 heterocycles. The van der Waals surface area contributed by atoms with E-state index in [0.717, 1.165) is 30.6 Å². The Balaban J connectivity index is 3.45. The number of amides is 1. The molecule has 0 bridgehead atoms. The Morgan fingerprint density at radius 2 is 1.19 bits per heavy atom. The molecule has 2 N–H and O–H groups in total. The zero-order chi connectivity index (χ0) is 19.6. The highest BCUT2D eigenvalue weighted by Gasteiger charge is 2.21. The highest BCUT2D eigenvalue weighted by atomic mass is 16.3. The molecule has 0 aromatic carbocycles. The van der Waals surface area contributed by atoms with E-state index in [1.807, 2.05) is 0 Å². The van der Waals surface area contributed by atoms with Crippen molar-refractivity contribution in [2.75, 3.05) is 0 Å². The zero-order valence-corrected chi connectivity index (χ0v) is 17.5. The van der Waals surface area contributed by atoms with Gasteiger partial charge in [-0.2, -0.15) is 0 Å². The minimum absolute atomic E-state index is 0.173. The van der Waals surface area contributed by atoms with Crippen molar-refractivity contribution in [1.29, 1.82) is 0 Å². The number of nitrogens with zero attached hydrogens (tertiary/aromatic N) is 1. The lowest BCUT2D eigenvalue weighted by molar-refractivity contribution is -0.156. The van der Waals surface area contributed by atoms with Gasteiger partial charge >= 0.3 is 0 Å². The lowest BCUT2D eigenvalue weighted by Gasteiger charge is -2.28. The number of aliphatic hydroxyl groups is 2. The molecule has 154 valence electrons. The maximum Gasteiger partial charge on any atom is 0.226 e. The van der Waals surface area contributed by atoms with Crippen LogP contribution in [0.3, 0.4) is 0 Å². The lowest BCUT2D eigenvalue weighted by atomic mass is 10.1. The van der Waals surface area contributed by atoms with E-state index in [-0.39, 0.29) is 5.91 Å². The predicted molar refractivity (Wildman–Crippen MR) is 110 cm³/mol. The quantitative estimate of drug-likeness (QED) is 0.201. The first kappa shape index (κ1) is 25.1. The average molecular weight is 370 g/mol. The third kappa shape index (κ3) is 14.3. The first-order valence-electron chi connectivity index (χ1n) is 10.8. The van der Waals surface area contributed by atoms with Crippen molar-refractivity contribution in [3.05, 3.63) is 12.2 Å². The third-order valence-corrected chi connectivity index (χ3v) is 4.75. The van der Waals surface area contributed by atoms with Crippen molar-refractivity contribution in [1.82, 2.24) is 4.90 Å². The summed E-state index contributed by atoms with van der Waals surface area (Å²) in [6.45, 7) is 5.26. The fourth-order valence-corrected chi connectivity index (χ4v) is 3.21. The van der Waals surface area contributed by atoms with Crippen LogP contribution >= 0.6 is 0 Å². The Bertz CT molecular complexity index is 345. The molecule has 0 aliphatic heterocycles. The number of hydrogen-bond donors (Lipinski definition) is 2. The van der Waals surface area contributed by atoms with E-state index in [4.69, 9.17) is 0 Å². The van der Waals surface area contributed by atoms with Crippen molar-refractivity contribution < 1.29 is 15.0 Å². The molecule has 0 aliphatic carbocycles. The van der Waals surface area contributed by atoms with E-state index in [1.54, 1.807) is 0 Å². The first-order chi connectivity index (χ1) is 12.5. The number of hydrogen-bond acceptors (Lipinski definition) is 3. The second-order valence-electron chi connectivity index (χ2n) is 7.40. The molecule has 4 heteroatoms. The average Bonchev–Trinajstić information content (AvgIpc) is 2.57. The standard InChI is InChI=1S/C22H43NO3/c1-4-5-6-7-8-9-10-11-12-13-14-15-16-17-18-19-22(26)23(20(2)24)21(3)25/h11-12,20-21,24-25H,4-10,13-19H2,1-3H3/b12-11-. The van der Waals surface area contributed by atoms with Gasteiger partial charge in [0.05, 0.1) is 0 Å². The second kappa shape index (κ2) is 17.5. The van der Waals surface area contributed by atoms with Crippen LogP contribution in [0.1, 0.15) is 111 Å². The third-order valence-electron chi connectivity index (χ3n) is 4.75. The molecule has 2 unspecified atom stereocenters. The van der Waals surface area contributed by atoms with Crippen molar-refractivity contribution in [2.45, 2.75) is 123 Å². The molecule has 0 aromatic heterocycles. The van der Waals surface area contributed by atoms with Gasteiger partial charge < -0.3 is 10.2 Å². The summed E-state index contributed by atoms with van der Waals surface area (Å²) in [5, 5.41) is 19.0. The van der Waals surface area contributed by atoms with E-state index in [1.165, 1.54) is 71.6 Å². The van der Waals surface area contributed by atoms with Crippen molar-refractivity contribution in [3.63, 3.8) is 0 Å². The number of aliphatic hydroxyl groups excluding tert-OH is 2. The van der Waals surface area contributed by atoms with Crippen LogP contribution in [0.25, 0.3) is 0 Å². The Morgan fingerprint density at radius 1 is 0.769 bits per heavy atom. The van der Waals surface area contributed by atoms with E-state index in [0.29, 0.717) is 6.42 Å². The molecular formula is C22H43NO3. The highest BCUT2D eigenvalue weighted by Crippen LogP contribution is 2.12. The molecule has 0 saturated heterocycles. The number of carbonyl (C=O) groups is 1. The molecule has 0 saturated carbocycles. The Kier molecular flexibility index (Phi) is 17.0. The van der Waals surface area contributed by atoms with Gasteiger partial charge in [0.2, 0.25) is 5.91 Å². The van der Waals surface area contributed by atoms with Gasteiger partial charge in [-0.25, -0.2) is 0 Å². The SMILES string of the molecule is CCCCCCCC/C=C\CCCCCCCC(=O)N(C(C)O)C(C)O. The van der Waals surface area contributed by atoms with Crippen LogP contribution in [0.15, 0.2) is 12.2 Å². The van der Waals surface area contributed by atoms with Crippen molar-refractivity contribution in [2.24, 2.45) is 0 Å². The van der Waals surface area contributed by atoms with Crippen LogP contribution in [0.4, 0.5) is 0 Å². The molecule has 0 fully saturated rings. The monoisotopic (exact) mass is 369 g/mol. The summed E-state index contributed by atoms with van der Waals surface area (Å²) in [6.07, 6.45) is 19.1. The van der Waals surface area contributed by atoms with Gasteiger partial charge in [0, 0.05) is 6.42 Å². The van der Waals surface area contributed by atoms with Crippen LogP contribution in [0, 0.1) is 0 Å². The minimum Gasteiger partial charge on any atom is -0.374 e. The molecular weight excluding hydrogens is 326 g/mol. The Hall–Kier alpha value is -0.870. The molecule has 1 amide bonds. The van der Waals surface area contributed by atoms with Gasteiger partial charge in [-0.3, -0.25) is 9.69 Å². The molecule has 0 spiro atoms. The number of rotatable bonds is 17. The Morgan fingerprint density at radius 3 is 1.65 bits per heavy atom. The number of allylic oxidation sites excluding steroid dienone is 2. The minimum atomic E-state index is -0.939. The zero-order valence-electron chi connectivity index (χ0n) is 17.5. The fourth-order valence-electron chi connectivity index (χ4n) is 3.21. The summed E-state index contributed by atoms with van der Waals surface area (Å²) in [4.78, 5) is 13.1. The molecule has 4 nitrogen and oxygen atoms in total. The maximum atomic E-state index is 12.0. The van der Waals surface area contributed by atoms with Crippen LogP contribution < -0.4 is 0 Å². The highest BCUT2D eigenvalue weighted by molar-refractivity contribution is 5.76. The Labute approximate surface area is 161 Å².